The summed E-state index contributed by atoms with van der Waals surface area (Å²) >= 11 is 5.72. The Balaban J connectivity index is 2.22. The molecule has 0 saturated carbocycles. The summed E-state index contributed by atoms with van der Waals surface area (Å²) in [4.78, 5) is -0.558. The lowest BCUT2D eigenvalue weighted by molar-refractivity contribution is -0.137. The molecule has 0 aromatic heterocycles. The van der Waals surface area contributed by atoms with Gasteiger partial charge in [-0.05, 0) is 37.6 Å². The number of sulfonamides is 1. The predicted molar refractivity (Wildman–Crippen MR) is 72.7 cm³/mol. The van der Waals surface area contributed by atoms with Crippen molar-refractivity contribution in [1.29, 1.82) is 0 Å². The smallest absolute Gasteiger partial charge is 0.313 e. The van der Waals surface area contributed by atoms with Gasteiger partial charge in [-0.2, -0.15) is 13.2 Å². The van der Waals surface area contributed by atoms with E-state index in [1.807, 2.05) is 0 Å². The molecular formula is C12H14ClF3N2O2S. The summed E-state index contributed by atoms with van der Waals surface area (Å²) in [7, 11) is -4.08. The first-order valence-corrected chi connectivity index (χ1v) is 8.16. The van der Waals surface area contributed by atoms with Gasteiger partial charge in [-0.1, -0.05) is 11.6 Å². The molecule has 1 aliphatic heterocycles. The first-order chi connectivity index (χ1) is 9.70. The Labute approximate surface area is 125 Å². The highest BCUT2D eigenvalue weighted by atomic mass is 35.5. The molecule has 1 aromatic carbocycles. The van der Waals surface area contributed by atoms with Crippen LogP contribution in [0.15, 0.2) is 23.1 Å². The Morgan fingerprint density at radius 1 is 1.38 bits per heavy atom. The molecule has 9 heteroatoms. The minimum absolute atomic E-state index is 0.00986. The van der Waals surface area contributed by atoms with Crippen molar-refractivity contribution in [3.8, 4) is 0 Å². The van der Waals surface area contributed by atoms with E-state index < -0.39 is 26.7 Å². The highest BCUT2D eigenvalue weighted by molar-refractivity contribution is 7.89. The van der Waals surface area contributed by atoms with Crippen LogP contribution in [-0.4, -0.2) is 27.5 Å². The molecule has 21 heavy (non-hydrogen) atoms. The number of hydrogen-bond donors (Lipinski definition) is 2. The zero-order chi connectivity index (χ0) is 15.7. The van der Waals surface area contributed by atoms with Gasteiger partial charge in [-0.15, -0.1) is 0 Å². The fourth-order valence-corrected chi connectivity index (χ4v) is 3.71. The van der Waals surface area contributed by atoms with Gasteiger partial charge in [0.15, 0.2) is 0 Å². The van der Waals surface area contributed by atoms with Crippen molar-refractivity contribution in [2.24, 2.45) is 0 Å². The van der Waals surface area contributed by atoms with Crippen LogP contribution in [0.3, 0.4) is 0 Å². The van der Waals surface area contributed by atoms with Crippen molar-refractivity contribution in [3.05, 3.63) is 28.8 Å². The summed E-state index contributed by atoms with van der Waals surface area (Å²) in [6, 6.07) is 2.23. The molecule has 118 valence electrons. The molecule has 0 spiro atoms. The van der Waals surface area contributed by atoms with Gasteiger partial charge < -0.3 is 5.32 Å². The Morgan fingerprint density at radius 3 is 2.67 bits per heavy atom. The molecular weight excluding hydrogens is 329 g/mol. The number of nitrogens with one attached hydrogen (secondary N) is 2. The summed E-state index contributed by atoms with van der Waals surface area (Å²) in [5.41, 5.74) is -1.05. The minimum Gasteiger partial charge on any atom is -0.313 e. The number of halogens is 4. The second kappa shape index (κ2) is 6.12. The SMILES string of the molecule is O=S(=O)(NCC1CCCN1)c1cc(C(F)(F)F)ccc1Cl. The molecule has 1 unspecified atom stereocenters. The van der Waals surface area contributed by atoms with Crippen molar-refractivity contribution < 1.29 is 21.6 Å². The van der Waals surface area contributed by atoms with E-state index >= 15 is 0 Å². The molecule has 1 aromatic rings. The van der Waals surface area contributed by atoms with Crippen molar-refractivity contribution in [2.45, 2.75) is 30.0 Å². The molecule has 0 bridgehead atoms. The molecule has 1 heterocycles. The van der Waals surface area contributed by atoms with Crippen LogP contribution in [-0.2, 0) is 16.2 Å². The van der Waals surface area contributed by atoms with Gasteiger partial charge in [0.05, 0.1) is 10.6 Å². The van der Waals surface area contributed by atoms with E-state index in [0.717, 1.165) is 31.5 Å². The van der Waals surface area contributed by atoms with Crippen LogP contribution in [0.4, 0.5) is 13.2 Å². The van der Waals surface area contributed by atoms with E-state index in [1.165, 1.54) is 0 Å². The highest BCUT2D eigenvalue weighted by Crippen LogP contribution is 2.33. The molecule has 0 radical (unpaired) electrons. The quantitative estimate of drug-likeness (QED) is 0.883. The van der Waals surface area contributed by atoms with Gasteiger partial charge in [0.2, 0.25) is 10.0 Å². The third-order valence-corrected chi connectivity index (χ3v) is 5.14. The van der Waals surface area contributed by atoms with Crippen LogP contribution in [0.2, 0.25) is 5.02 Å². The maximum Gasteiger partial charge on any atom is 0.416 e. The van der Waals surface area contributed by atoms with Crippen molar-refractivity contribution >= 4 is 21.6 Å². The van der Waals surface area contributed by atoms with Crippen LogP contribution >= 0.6 is 11.6 Å². The second-order valence-corrected chi connectivity index (χ2v) is 6.93. The first kappa shape index (κ1) is 16.5. The molecule has 2 N–H and O–H groups in total. The lowest BCUT2D eigenvalue weighted by Crippen LogP contribution is -2.37. The Bertz CT molecular complexity index is 613. The summed E-state index contributed by atoms with van der Waals surface area (Å²) in [6.07, 6.45) is -2.86. The van der Waals surface area contributed by atoms with Gasteiger partial charge in [0.25, 0.3) is 0 Å². The van der Waals surface area contributed by atoms with Gasteiger partial charge in [0, 0.05) is 12.6 Å². The molecule has 1 atom stereocenters. The van der Waals surface area contributed by atoms with E-state index in [9.17, 15) is 21.6 Å². The van der Waals surface area contributed by atoms with Crippen molar-refractivity contribution in [2.75, 3.05) is 13.1 Å². The van der Waals surface area contributed by atoms with E-state index in [1.54, 1.807) is 0 Å². The van der Waals surface area contributed by atoms with E-state index in [4.69, 9.17) is 11.6 Å². The number of hydrogen-bond acceptors (Lipinski definition) is 3. The third kappa shape index (κ3) is 4.09. The second-order valence-electron chi connectivity index (χ2n) is 4.79. The van der Waals surface area contributed by atoms with E-state index in [-0.39, 0.29) is 17.6 Å². The zero-order valence-electron chi connectivity index (χ0n) is 10.9. The summed E-state index contributed by atoms with van der Waals surface area (Å²) in [5.74, 6) is 0. The fourth-order valence-electron chi connectivity index (χ4n) is 2.10. The van der Waals surface area contributed by atoms with Gasteiger partial charge in [0.1, 0.15) is 4.90 Å². The summed E-state index contributed by atoms with van der Waals surface area (Å²) in [5, 5.41) is 2.85. The zero-order valence-corrected chi connectivity index (χ0v) is 12.4. The number of benzene rings is 1. The molecule has 1 aliphatic rings. The average molecular weight is 343 g/mol. The normalized spacial score (nSPS) is 19.9. The topological polar surface area (TPSA) is 58.2 Å². The van der Waals surface area contributed by atoms with Crippen LogP contribution in [0.1, 0.15) is 18.4 Å². The Morgan fingerprint density at radius 2 is 2.10 bits per heavy atom. The lowest BCUT2D eigenvalue weighted by atomic mass is 10.2. The molecule has 0 amide bonds. The van der Waals surface area contributed by atoms with Crippen LogP contribution in [0, 0.1) is 0 Å². The third-order valence-electron chi connectivity index (χ3n) is 3.23. The largest absolute Gasteiger partial charge is 0.416 e. The maximum absolute atomic E-state index is 12.7. The predicted octanol–water partition coefficient (Wildman–Crippen LogP) is 2.39. The van der Waals surface area contributed by atoms with Crippen LogP contribution in [0.25, 0.3) is 0 Å². The minimum atomic E-state index is -4.62. The van der Waals surface area contributed by atoms with Gasteiger partial charge in [-0.3, -0.25) is 0 Å². The number of alkyl halides is 3. The van der Waals surface area contributed by atoms with E-state index in [0.29, 0.717) is 6.07 Å². The molecule has 2 rings (SSSR count). The van der Waals surface area contributed by atoms with E-state index in [2.05, 4.69) is 10.0 Å². The number of rotatable bonds is 4. The summed E-state index contributed by atoms with van der Waals surface area (Å²) in [6.45, 7) is 0.922. The fraction of sp³-hybridized carbons (Fsp3) is 0.500. The maximum atomic E-state index is 12.7. The molecule has 1 fully saturated rings. The molecule has 1 saturated heterocycles. The Hall–Kier alpha value is -0.830. The first-order valence-electron chi connectivity index (χ1n) is 6.30. The standard InChI is InChI=1S/C12H14ClF3N2O2S/c13-10-4-3-8(12(14,15)16)6-11(10)21(19,20)18-7-9-2-1-5-17-9/h3-4,6,9,17-18H,1-2,5,7H2. The molecule has 4 nitrogen and oxygen atoms in total. The highest BCUT2D eigenvalue weighted by Gasteiger charge is 2.32. The summed E-state index contributed by atoms with van der Waals surface area (Å²) < 4.78 is 64.4. The monoisotopic (exact) mass is 342 g/mol. The lowest BCUT2D eigenvalue weighted by Gasteiger charge is -2.14. The van der Waals surface area contributed by atoms with Crippen LogP contribution in [0.5, 0.6) is 0 Å². The van der Waals surface area contributed by atoms with Gasteiger partial charge in [-0.25, -0.2) is 13.1 Å². The van der Waals surface area contributed by atoms with Crippen molar-refractivity contribution in [3.63, 3.8) is 0 Å². The Kier molecular flexibility index (Phi) is 4.82. The average Bonchev–Trinajstić information content (AvgIpc) is 2.88. The van der Waals surface area contributed by atoms with Crippen LogP contribution < -0.4 is 10.0 Å². The van der Waals surface area contributed by atoms with Gasteiger partial charge >= 0.3 is 6.18 Å². The van der Waals surface area contributed by atoms with Crippen molar-refractivity contribution in [1.82, 2.24) is 10.0 Å². The molecule has 0 aliphatic carbocycles.